The summed E-state index contributed by atoms with van der Waals surface area (Å²) in [6, 6.07) is 5.42. The molecule has 0 spiro atoms. The van der Waals surface area contributed by atoms with Crippen LogP contribution in [0.2, 0.25) is 0 Å². The van der Waals surface area contributed by atoms with E-state index in [1.807, 2.05) is 13.0 Å². The third-order valence-corrected chi connectivity index (χ3v) is 4.18. The fourth-order valence-corrected chi connectivity index (χ4v) is 2.78. The zero-order valence-electron chi connectivity index (χ0n) is 14.4. The van der Waals surface area contributed by atoms with Gasteiger partial charge >= 0.3 is 5.97 Å². The number of hydrogen-bond acceptors (Lipinski definition) is 5. The molecule has 1 aromatic heterocycles. The summed E-state index contributed by atoms with van der Waals surface area (Å²) < 4.78 is 5.57. The zero-order valence-corrected chi connectivity index (χ0v) is 14.4. The smallest absolute Gasteiger partial charge is 0.326 e. The molecule has 0 radical (unpaired) electrons. The quantitative estimate of drug-likeness (QED) is 0.801. The van der Waals surface area contributed by atoms with Gasteiger partial charge in [-0.3, -0.25) is 19.5 Å². The van der Waals surface area contributed by atoms with Crippen molar-refractivity contribution >= 4 is 17.8 Å². The highest BCUT2D eigenvalue weighted by atomic mass is 16.5. The number of aliphatic carboxylic acids is 1. The highest BCUT2D eigenvalue weighted by Crippen LogP contribution is 2.30. The molecule has 1 aliphatic rings. The zero-order chi connectivity index (χ0) is 18.8. The molecule has 2 aromatic rings. The number of carboxylic acids is 1. The van der Waals surface area contributed by atoms with Gasteiger partial charge in [0.15, 0.2) is 0 Å². The number of benzene rings is 1. The van der Waals surface area contributed by atoms with Gasteiger partial charge in [-0.15, -0.1) is 0 Å². The molecule has 7 nitrogen and oxygen atoms in total. The largest absolute Gasteiger partial charge is 0.492 e. The first kappa shape index (κ1) is 17.6. The van der Waals surface area contributed by atoms with Crippen molar-refractivity contribution < 1.29 is 24.2 Å². The first-order valence-corrected chi connectivity index (χ1v) is 8.27. The number of carboxylic acid groups (broad SMARTS) is 1. The number of carbonyl (C=O) groups is 3. The summed E-state index contributed by atoms with van der Waals surface area (Å²) in [6.07, 6.45) is 4.12. The molecule has 134 valence electrons. The molecule has 26 heavy (non-hydrogen) atoms. The molecule has 2 amide bonds. The van der Waals surface area contributed by atoms with E-state index in [1.165, 1.54) is 6.92 Å². The van der Waals surface area contributed by atoms with Crippen LogP contribution in [0.15, 0.2) is 36.7 Å². The van der Waals surface area contributed by atoms with Gasteiger partial charge < -0.3 is 9.84 Å². The Kier molecular flexibility index (Phi) is 4.71. The molecule has 0 aliphatic carbocycles. The number of nitrogens with zero attached hydrogens (tertiary/aromatic N) is 2. The normalized spacial score (nSPS) is 14.3. The number of hydrogen-bond donors (Lipinski definition) is 1. The molecule has 0 saturated carbocycles. The molecule has 1 aromatic carbocycles. The van der Waals surface area contributed by atoms with Crippen LogP contribution >= 0.6 is 0 Å². The first-order valence-electron chi connectivity index (χ1n) is 8.27. The molecular formula is C19H18N2O5. The van der Waals surface area contributed by atoms with Crippen LogP contribution in [0.5, 0.6) is 5.75 Å². The summed E-state index contributed by atoms with van der Waals surface area (Å²) in [6.45, 7) is 3.89. The van der Waals surface area contributed by atoms with Crippen LogP contribution in [-0.4, -0.2) is 45.4 Å². The van der Waals surface area contributed by atoms with Crippen molar-refractivity contribution in [2.45, 2.75) is 26.3 Å². The maximum atomic E-state index is 12.5. The van der Waals surface area contributed by atoms with E-state index in [1.54, 1.807) is 30.6 Å². The van der Waals surface area contributed by atoms with Gasteiger partial charge in [0.2, 0.25) is 0 Å². The van der Waals surface area contributed by atoms with Crippen LogP contribution in [0.25, 0.3) is 11.1 Å². The summed E-state index contributed by atoms with van der Waals surface area (Å²) in [5.74, 6) is -1.81. The summed E-state index contributed by atoms with van der Waals surface area (Å²) in [5.41, 5.74) is 1.84. The molecule has 3 rings (SSSR count). The van der Waals surface area contributed by atoms with E-state index in [0.29, 0.717) is 17.9 Å². The average molecular weight is 354 g/mol. The maximum absolute atomic E-state index is 12.5. The second-order valence-electron chi connectivity index (χ2n) is 6.01. The molecule has 0 fully saturated rings. The van der Waals surface area contributed by atoms with Gasteiger partial charge in [0.25, 0.3) is 11.8 Å². The van der Waals surface area contributed by atoms with E-state index in [4.69, 9.17) is 9.84 Å². The SMILES string of the molecule is CCCOc1cncc(-c2ccc3c(c2)C(=O)N(C(C)C(=O)O)C3=O)c1. The van der Waals surface area contributed by atoms with E-state index in [9.17, 15) is 14.4 Å². The van der Waals surface area contributed by atoms with Gasteiger partial charge in [-0.25, -0.2) is 4.79 Å². The maximum Gasteiger partial charge on any atom is 0.326 e. The lowest BCUT2D eigenvalue weighted by atomic mass is 10.0. The van der Waals surface area contributed by atoms with Crippen LogP contribution in [0, 0.1) is 0 Å². The number of carbonyl (C=O) groups excluding carboxylic acids is 2. The summed E-state index contributed by atoms with van der Waals surface area (Å²) in [7, 11) is 0. The van der Waals surface area contributed by atoms with E-state index in [2.05, 4.69) is 4.98 Å². The van der Waals surface area contributed by atoms with Gasteiger partial charge in [-0.1, -0.05) is 13.0 Å². The lowest BCUT2D eigenvalue weighted by Crippen LogP contribution is -2.42. The second-order valence-corrected chi connectivity index (χ2v) is 6.01. The molecule has 7 heteroatoms. The Morgan fingerprint density at radius 3 is 2.58 bits per heavy atom. The molecule has 0 saturated heterocycles. The van der Waals surface area contributed by atoms with Crippen molar-refractivity contribution in [2.75, 3.05) is 6.61 Å². The van der Waals surface area contributed by atoms with Crippen molar-refractivity contribution in [1.29, 1.82) is 0 Å². The second kappa shape index (κ2) is 6.95. The van der Waals surface area contributed by atoms with E-state index in [0.717, 1.165) is 16.9 Å². The van der Waals surface area contributed by atoms with Gasteiger partial charge in [0.1, 0.15) is 11.8 Å². The Bertz CT molecular complexity index is 893. The number of pyridine rings is 1. The van der Waals surface area contributed by atoms with Crippen LogP contribution in [-0.2, 0) is 4.79 Å². The lowest BCUT2D eigenvalue weighted by Gasteiger charge is -2.17. The number of ether oxygens (including phenoxy) is 1. The predicted octanol–water partition coefficient (Wildman–Crippen LogP) is 2.61. The Morgan fingerprint density at radius 2 is 1.88 bits per heavy atom. The monoisotopic (exact) mass is 354 g/mol. The number of amides is 2. The number of aromatic nitrogens is 1. The minimum atomic E-state index is -1.23. The lowest BCUT2D eigenvalue weighted by molar-refractivity contribution is -0.140. The molecule has 1 aliphatic heterocycles. The van der Waals surface area contributed by atoms with Crippen LogP contribution in [0.4, 0.5) is 0 Å². The first-order chi connectivity index (χ1) is 12.4. The van der Waals surface area contributed by atoms with E-state index >= 15 is 0 Å². The van der Waals surface area contributed by atoms with Crippen molar-refractivity contribution in [3.05, 3.63) is 47.8 Å². The van der Waals surface area contributed by atoms with E-state index < -0.39 is 23.8 Å². The summed E-state index contributed by atoms with van der Waals surface area (Å²) >= 11 is 0. The molecule has 1 unspecified atom stereocenters. The summed E-state index contributed by atoms with van der Waals surface area (Å²) in [5, 5.41) is 9.12. The molecular weight excluding hydrogens is 336 g/mol. The third-order valence-electron chi connectivity index (χ3n) is 4.18. The average Bonchev–Trinajstić information content (AvgIpc) is 2.89. The van der Waals surface area contributed by atoms with Crippen LogP contribution in [0.3, 0.4) is 0 Å². The predicted molar refractivity (Wildman–Crippen MR) is 93.1 cm³/mol. The fourth-order valence-electron chi connectivity index (χ4n) is 2.78. The van der Waals surface area contributed by atoms with Crippen molar-refractivity contribution in [1.82, 2.24) is 9.88 Å². The molecule has 1 N–H and O–H groups in total. The third kappa shape index (κ3) is 3.03. The van der Waals surface area contributed by atoms with Crippen LogP contribution in [0.1, 0.15) is 41.0 Å². The summed E-state index contributed by atoms with van der Waals surface area (Å²) in [4.78, 5) is 41.0. The van der Waals surface area contributed by atoms with Crippen LogP contribution < -0.4 is 4.74 Å². The Balaban J connectivity index is 1.96. The van der Waals surface area contributed by atoms with Gasteiger partial charge in [0.05, 0.1) is 23.9 Å². The fraction of sp³-hybridized carbons (Fsp3) is 0.263. The van der Waals surface area contributed by atoms with Crippen molar-refractivity contribution in [3.8, 4) is 16.9 Å². The number of imide groups is 1. The van der Waals surface area contributed by atoms with Gasteiger partial charge in [0, 0.05) is 11.8 Å². The van der Waals surface area contributed by atoms with Gasteiger partial charge in [-0.05, 0) is 37.1 Å². The molecule has 0 bridgehead atoms. The minimum Gasteiger partial charge on any atom is -0.492 e. The highest BCUT2D eigenvalue weighted by molar-refractivity contribution is 6.23. The van der Waals surface area contributed by atoms with Crippen molar-refractivity contribution in [2.24, 2.45) is 0 Å². The number of rotatable bonds is 6. The Labute approximate surface area is 150 Å². The standard InChI is InChI=1S/C19H18N2O5/c1-3-6-26-14-7-13(9-20-10-14)12-4-5-15-16(8-12)18(23)21(17(15)22)11(2)19(24)25/h4-5,7-11H,3,6H2,1-2H3,(H,24,25). The van der Waals surface area contributed by atoms with E-state index in [-0.39, 0.29) is 11.1 Å². The Morgan fingerprint density at radius 1 is 1.15 bits per heavy atom. The van der Waals surface area contributed by atoms with Gasteiger partial charge in [-0.2, -0.15) is 0 Å². The molecule has 1 atom stereocenters. The highest BCUT2D eigenvalue weighted by Gasteiger charge is 2.41. The molecule has 2 heterocycles. The topological polar surface area (TPSA) is 96.8 Å². The minimum absolute atomic E-state index is 0.195. The Hall–Kier alpha value is -3.22. The number of fused-ring (bicyclic) bond motifs is 1. The van der Waals surface area contributed by atoms with Crippen molar-refractivity contribution in [3.63, 3.8) is 0 Å².